The van der Waals surface area contributed by atoms with Crippen molar-refractivity contribution < 1.29 is 27.5 Å². The summed E-state index contributed by atoms with van der Waals surface area (Å²) < 4.78 is 41.8. The Balaban J connectivity index is 2.90. The summed E-state index contributed by atoms with van der Waals surface area (Å²) in [5, 5.41) is 0. The quantitative estimate of drug-likeness (QED) is 0.716. The number of hydrogen-bond donors (Lipinski definition) is 0. The van der Waals surface area contributed by atoms with Crippen molar-refractivity contribution in [3.8, 4) is 0 Å². The van der Waals surface area contributed by atoms with E-state index in [1.54, 1.807) is 0 Å². The van der Waals surface area contributed by atoms with Crippen LogP contribution in [0.2, 0.25) is 0 Å². The van der Waals surface area contributed by atoms with E-state index in [1.807, 2.05) is 6.92 Å². The van der Waals surface area contributed by atoms with Crippen molar-refractivity contribution in [2.24, 2.45) is 5.92 Å². The molecule has 0 N–H and O–H groups in total. The summed E-state index contributed by atoms with van der Waals surface area (Å²) in [6, 6.07) is -1.12. The zero-order chi connectivity index (χ0) is 13.9. The molecule has 0 aromatic heterocycles. The molecule has 104 valence electrons. The third-order valence-corrected chi connectivity index (χ3v) is 3.23. The number of carbonyl (C=O) groups is 2. The zero-order valence-electron chi connectivity index (χ0n) is 10.3. The van der Waals surface area contributed by atoms with E-state index < -0.39 is 24.1 Å². The van der Waals surface area contributed by atoms with Crippen molar-refractivity contribution in [3.63, 3.8) is 0 Å². The smallest absolute Gasteiger partial charge is 0.467 e. The minimum Gasteiger partial charge on any atom is -0.467 e. The summed E-state index contributed by atoms with van der Waals surface area (Å²) in [4.78, 5) is 23.3. The van der Waals surface area contributed by atoms with Crippen LogP contribution in [0.15, 0.2) is 0 Å². The molecule has 0 aromatic carbocycles. The maximum absolute atomic E-state index is 12.5. The molecule has 7 heteroatoms. The molecule has 0 aliphatic carbocycles. The molecule has 0 aromatic rings. The Morgan fingerprint density at radius 3 is 2.39 bits per heavy atom. The fraction of sp³-hybridized carbons (Fsp3) is 0.818. The van der Waals surface area contributed by atoms with Crippen LogP contribution in [0.3, 0.4) is 0 Å². The van der Waals surface area contributed by atoms with Gasteiger partial charge in [0.05, 0.1) is 7.11 Å². The summed E-state index contributed by atoms with van der Waals surface area (Å²) in [6.45, 7) is 1.80. The largest absolute Gasteiger partial charge is 0.471 e. The topological polar surface area (TPSA) is 46.6 Å². The minimum atomic E-state index is -4.96. The van der Waals surface area contributed by atoms with Gasteiger partial charge in [-0.25, -0.2) is 4.79 Å². The van der Waals surface area contributed by atoms with E-state index in [1.165, 1.54) is 0 Å². The van der Waals surface area contributed by atoms with E-state index in [9.17, 15) is 22.8 Å². The van der Waals surface area contributed by atoms with Crippen LogP contribution in [0, 0.1) is 5.92 Å². The number of piperidine rings is 1. The predicted molar refractivity (Wildman–Crippen MR) is 56.6 cm³/mol. The third kappa shape index (κ3) is 3.14. The molecule has 1 amide bonds. The first-order valence-corrected chi connectivity index (χ1v) is 5.76. The maximum Gasteiger partial charge on any atom is 0.471 e. The number of likely N-dealkylation sites (tertiary alicyclic amines) is 1. The molecule has 1 rings (SSSR count). The number of alkyl halides is 3. The Morgan fingerprint density at radius 1 is 1.33 bits per heavy atom. The highest BCUT2D eigenvalue weighted by Crippen LogP contribution is 2.29. The molecule has 1 aliphatic rings. The molecule has 1 saturated heterocycles. The molecule has 4 nitrogen and oxygen atoms in total. The van der Waals surface area contributed by atoms with Gasteiger partial charge in [0.15, 0.2) is 0 Å². The Labute approximate surface area is 103 Å². The van der Waals surface area contributed by atoms with E-state index in [4.69, 9.17) is 0 Å². The van der Waals surface area contributed by atoms with Crippen LogP contribution in [0.25, 0.3) is 0 Å². The van der Waals surface area contributed by atoms with Crippen LogP contribution in [-0.4, -0.2) is 42.6 Å². The van der Waals surface area contributed by atoms with Gasteiger partial charge in [0, 0.05) is 6.54 Å². The fourth-order valence-electron chi connectivity index (χ4n) is 2.15. The fourth-order valence-corrected chi connectivity index (χ4v) is 2.15. The SMILES string of the molecule is CC[C@@H]1CC[C@H](C(=O)OC)N(C(=O)C(F)(F)F)C1. The molecular weight excluding hydrogens is 251 g/mol. The number of ether oxygens (including phenoxy) is 1. The molecule has 2 atom stereocenters. The molecule has 1 aliphatic heterocycles. The summed E-state index contributed by atoms with van der Waals surface area (Å²) >= 11 is 0. The molecule has 0 radical (unpaired) electrons. The number of amides is 1. The van der Waals surface area contributed by atoms with Crippen molar-refractivity contribution in [1.29, 1.82) is 0 Å². The lowest BCUT2D eigenvalue weighted by atomic mass is 9.90. The van der Waals surface area contributed by atoms with Crippen molar-refractivity contribution in [1.82, 2.24) is 4.90 Å². The van der Waals surface area contributed by atoms with Gasteiger partial charge in [-0.15, -0.1) is 0 Å². The lowest BCUT2D eigenvalue weighted by molar-refractivity contribution is -0.192. The van der Waals surface area contributed by atoms with E-state index in [-0.39, 0.29) is 18.9 Å². The number of methoxy groups -OCH3 is 1. The van der Waals surface area contributed by atoms with Gasteiger partial charge in [-0.1, -0.05) is 13.3 Å². The van der Waals surface area contributed by atoms with Crippen molar-refractivity contribution in [2.45, 2.75) is 38.4 Å². The second-order valence-electron chi connectivity index (χ2n) is 4.35. The Morgan fingerprint density at radius 2 is 1.94 bits per heavy atom. The molecular formula is C11H16F3NO3. The molecule has 0 spiro atoms. The average molecular weight is 267 g/mol. The van der Waals surface area contributed by atoms with Gasteiger partial charge < -0.3 is 9.64 Å². The predicted octanol–water partition coefficient (Wildman–Crippen LogP) is 1.74. The summed E-state index contributed by atoms with van der Waals surface area (Å²) in [5.74, 6) is -2.75. The maximum atomic E-state index is 12.5. The molecule has 0 bridgehead atoms. The highest BCUT2D eigenvalue weighted by molar-refractivity contribution is 5.87. The van der Waals surface area contributed by atoms with E-state index >= 15 is 0 Å². The van der Waals surface area contributed by atoms with Gasteiger partial charge in [-0.2, -0.15) is 13.2 Å². The van der Waals surface area contributed by atoms with Gasteiger partial charge in [-0.05, 0) is 18.8 Å². The Hall–Kier alpha value is -1.27. The Bertz CT molecular complexity index is 330. The lowest BCUT2D eigenvalue weighted by Crippen LogP contribution is -2.54. The van der Waals surface area contributed by atoms with E-state index in [0.29, 0.717) is 17.7 Å². The molecule has 0 saturated carbocycles. The second kappa shape index (κ2) is 5.58. The number of halogens is 3. The molecule has 1 fully saturated rings. The highest BCUT2D eigenvalue weighted by Gasteiger charge is 2.48. The van der Waals surface area contributed by atoms with Crippen molar-refractivity contribution in [3.05, 3.63) is 0 Å². The van der Waals surface area contributed by atoms with E-state index in [0.717, 1.165) is 7.11 Å². The van der Waals surface area contributed by atoms with Gasteiger partial charge in [0.1, 0.15) is 6.04 Å². The van der Waals surface area contributed by atoms with Crippen LogP contribution in [0.5, 0.6) is 0 Å². The summed E-state index contributed by atoms with van der Waals surface area (Å²) in [6.07, 6.45) is -3.44. The van der Waals surface area contributed by atoms with Crippen LogP contribution in [0.4, 0.5) is 13.2 Å². The summed E-state index contributed by atoms with van der Waals surface area (Å²) in [7, 11) is 1.10. The molecule has 18 heavy (non-hydrogen) atoms. The van der Waals surface area contributed by atoms with Gasteiger partial charge in [0.25, 0.3) is 0 Å². The van der Waals surface area contributed by atoms with Gasteiger partial charge >= 0.3 is 18.1 Å². The highest BCUT2D eigenvalue weighted by atomic mass is 19.4. The first-order valence-electron chi connectivity index (χ1n) is 5.76. The first-order chi connectivity index (χ1) is 8.31. The Kier molecular flexibility index (Phi) is 4.59. The van der Waals surface area contributed by atoms with Crippen LogP contribution in [0.1, 0.15) is 26.2 Å². The number of rotatable bonds is 2. The van der Waals surface area contributed by atoms with E-state index in [2.05, 4.69) is 4.74 Å². The number of hydrogen-bond acceptors (Lipinski definition) is 3. The van der Waals surface area contributed by atoms with Gasteiger partial charge in [0.2, 0.25) is 0 Å². The minimum absolute atomic E-state index is 0.00259. The second-order valence-corrected chi connectivity index (χ2v) is 4.35. The number of esters is 1. The van der Waals surface area contributed by atoms with Crippen LogP contribution in [-0.2, 0) is 14.3 Å². The van der Waals surface area contributed by atoms with Crippen molar-refractivity contribution >= 4 is 11.9 Å². The average Bonchev–Trinajstić information content (AvgIpc) is 2.35. The summed E-state index contributed by atoms with van der Waals surface area (Å²) in [5.41, 5.74) is 0. The zero-order valence-corrected chi connectivity index (χ0v) is 10.3. The molecule has 0 unspecified atom stereocenters. The van der Waals surface area contributed by atoms with Gasteiger partial charge in [-0.3, -0.25) is 4.79 Å². The van der Waals surface area contributed by atoms with Crippen LogP contribution >= 0.6 is 0 Å². The number of carbonyl (C=O) groups excluding carboxylic acids is 2. The monoisotopic (exact) mass is 267 g/mol. The number of nitrogens with zero attached hydrogens (tertiary/aromatic N) is 1. The van der Waals surface area contributed by atoms with Crippen molar-refractivity contribution in [2.75, 3.05) is 13.7 Å². The first kappa shape index (κ1) is 14.8. The van der Waals surface area contributed by atoms with Crippen LogP contribution < -0.4 is 0 Å². The third-order valence-electron chi connectivity index (χ3n) is 3.23. The lowest BCUT2D eigenvalue weighted by Gasteiger charge is -2.38. The normalized spacial score (nSPS) is 24.8. The standard InChI is InChI=1S/C11H16F3NO3/c1-3-7-4-5-8(9(16)18-2)15(6-7)10(17)11(12,13)14/h7-8H,3-6H2,1-2H3/t7-,8-/m1/s1. The molecule has 1 heterocycles.